The van der Waals surface area contributed by atoms with Crippen molar-refractivity contribution in [1.29, 1.82) is 0 Å². The Balaban J connectivity index is 2.53. The smallest absolute Gasteiger partial charge is 0.318 e. The molecule has 0 bridgehead atoms. The van der Waals surface area contributed by atoms with Crippen LogP contribution in [0.1, 0.15) is 39.5 Å². The largest absolute Gasteiger partial charge is 0.394 e. The van der Waals surface area contributed by atoms with Crippen molar-refractivity contribution in [3.63, 3.8) is 0 Å². The number of hydrogen-bond acceptors (Lipinski definition) is 6. The molecule has 0 aromatic rings. The Morgan fingerprint density at radius 1 is 1.26 bits per heavy atom. The normalized spacial score (nSPS) is 32.3. The summed E-state index contributed by atoms with van der Waals surface area (Å²) in [6, 6.07) is -0.864. The van der Waals surface area contributed by atoms with Gasteiger partial charge in [-0.25, -0.2) is 4.79 Å². The highest BCUT2D eigenvalue weighted by atomic mass is 16.5. The highest BCUT2D eigenvalue weighted by Crippen LogP contribution is 2.30. The molecule has 8 heteroatoms. The molecule has 1 aliphatic heterocycles. The van der Waals surface area contributed by atoms with Crippen molar-refractivity contribution >= 4 is 11.9 Å². The van der Waals surface area contributed by atoms with E-state index in [-0.39, 0.29) is 31.0 Å². The summed E-state index contributed by atoms with van der Waals surface area (Å²) >= 11 is 0. The lowest BCUT2D eigenvalue weighted by atomic mass is 9.84. The highest BCUT2D eigenvalue weighted by Gasteiger charge is 2.41. The van der Waals surface area contributed by atoms with Crippen molar-refractivity contribution in [2.45, 2.75) is 63.9 Å². The van der Waals surface area contributed by atoms with Crippen LogP contribution in [0, 0.1) is 11.8 Å². The summed E-state index contributed by atoms with van der Waals surface area (Å²) in [4.78, 5) is 22.2. The molecule has 6 N–H and O–H groups in total. The first-order valence-corrected chi connectivity index (χ1v) is 8.01. The average molecular weight is 332 g/mol. The lowest BCUT2D eigenvalue weighted by Crippen LogP contribution is -2.54. The van der Waals surface area contributed by atoms with Gasteiger partial charge < -0.3 is 25.8 Å². The van der Waals surface area contributed by atoms with Crippen molar-refractivity contribution < 1.29 is 29.6 Å². The molecule has 0 aromatic carbocycles. The second kappa shape index (κ2) is 9.17. The summed E-state index contributed by atoms with van der Waals surface area (Å²) in [7, 11) is 0. The summed E-state index contributed by atoms with van der Waals surface area (Å²) < 4.78 is 5.66. The van der Waals surface area contributed by atoms with E-state index in [9.17, 15) is 24.9 Å². The molecule has 0 radical (unpaired) electrons. The summed E-state index contributed by atoms with van der Waals surface area (Å²) in [5.41, 5.74) is 4.91. The third kappa shape index (κ3) is 5.72. The average Bonchev–Trinajstić information content (AvgIpc) is 2.49. The van der Waals surface area contributed by atoms with Crippen LogP contribution in [-0.2, 0) is 9.53 Å². The number of aliphatic hydroxyl groups excluding tert-OH is 3. The van der Waals surface area contributed by atoms with Crippen LogP contribution in [0.2, 0.25) is 0 Å². The molecule has 6 atom stereocenters. The van der Waals surface area contributed by atoms with E-state index in [4.69, 9.17) is 10.5 Å². The molecule has 134 valence electrons. The van der Waals surface area contributed by atoms with Gasteiger partial charge in [0.1, 0.15) is 12.2 Å². The molecule has 1 heterocycles. The van der Waals surface area contributed by atoms with E-state index in [1.165, 1.54) is 0 Å². The lowest BCUT2D eigenvalue weighted by molar-refractivity contribution is -0.207. The van der Waals surface area contributed by atoms with E-state index in [2.05, 4.69) is 0 Å². The van der Waals surface area contributed by atoms with Gasteiger partial charge in [0.15, 0.2) is 0 Å². The molecule has 8 nitrogen and oxygen atoms in total. The van der Waals surface area contributed by atoms with Gasteiger partial charge in [0, 0.05) is 12.3 Å². The number of nitrogens with one attached hydrogen (secondary N) is 1. The van der Waals surface area contributed by atoms with Gasteiger partial charge >= 0.3 is 6.03 Å². The number of hydrogen-bond donors (Lipinski definition) is 5. The van der Waals surface area contributed by atoms with Crippen LogP contribution in [0.3, 0.4) is 0 Å². The predicted octanol–water partition coefficient (Wildman–Crippen LogP) is -0.505. The van der Waals surface area contributed by atoms with E-state index in [0.29, 0.717) is 12.8 Å². The molecule has 0 aliphatic carbocycles. The quantitative estimate of drug-likeness (QED) is 0.425. The number of amides is 3. The third-order valence-electron chi connectivity index (χ3n) is 4.56. The van der Waals surface area contributed by atoms with Crippen molar-refractivity contribution in [2.24, 2.45) is 17.6 Å². The van der Waals surface area contributed by atoms with Gasteiger partial charge in [-0.15, -0.1) is 0 Å². The van der Waals surface area contributed by atoms with E-state index >= 15 is 0 Å². The molecular weight excluding hydrogens is 304 g/mol. The third-order valence-corrected chi connectivity index (χ3v) is 4.56. The van der Waals surface area contributed by atoms with Crippen molar-refractivity contribution in [3.05, 3.63) is 0 Å². The maximum absolute atomic E-state index is 11.6. The molecular formula is C15H28N2O6. The van der Waals surface area contributed by atoms with Gasteiger partial charge in [0.25, 0.3) is 0 Å². The number of nitrogens with two attached hydrogens (primary N) is 1. The molecule has 23 heavy (non-hydrogen) atoms. The molecule has 5 unspecified atom stereocenters. The zero-order valence-electron chi connectivity index (χ0n) is 13.6. The molecule has 0 aromatic heterocycles. The molecule has 0 saturated carbocycles. The molecule has 1 rings (SSSR count). The monoisotopic (exact) mass is 332 g/mol. The molecule has 0 spiro atoms. The Kier molecular flexibility index (Phi) is 7.90. The number of rotatable bonds is 7. The van der Waals surface area contributed by atoms with Gasteiger partial charge in [-0.2, -0.15) is 0 Å². The van der Waals surface area contributed by atoms with E-state index in [1.54, 1.807) is 6.92 Å². The first kappa shape index (κ1) is 19.8. The van der Waals surface area contributed by atoms with E-state index < -0.39 is 30.3 Å². The summed E-state index contributed by atoms with van der Waals surface area (Å²) in [6.07, 6.45) is -0.971. The van der Waals surface area contributed by atoms with Crippen LogP contribution >= 0.6 is 0 Å². The van der Waals surface area contributed by atoms with Crippen molar-refractivity contribution in [2.75, 3.05) is 6.61 Å². The van der Waals surface area contributed by atoms with Crippen LogP contribution < -0.4 is 11.1 Å². The maximum Gasteiger partial charge on any atom is 0.318 e. The van der Waals surface area contributed by atoms with Crippen LogP contribution in [0.5, 0.6) is 0 Å². The number of primary amides is 1. The summed E-state index contributed by atoms with van der Waals surface area (Å²) in [5.74, 6) is -0.628. The first-order chi connectivity index (χ1) is 10.8. The minimum absolute atomic E-state index is 0.0571. The molecule has 3 amide bonds. The zero-order valence-corrected chi connectivity index (χ0v) is 13.6. The van der Waals surface area contributed by atoms with Crippen molar-refractivity contribution in [3.8, 4) is 0 Å². The Hall–Kier alpha value is -1.22. The first-order valence-electron chi connectivity index (χ1n) is 8.01. The summed E-state index contributed by atoms with van der Waals surface area (Å²) in [6.45, 7) is 3.37. The van der Waals surface area contributed by atoms with Crippen LogP contribution in [-0.4, -0.2) is 58.3 Å². The van der Waals surface area contributed by atoms with Crippen molar-refractivity contribution in [1.82, 2.24) is 5.32 Å². The standard InChI is InChI=1S/C15H28N2O6/c1-3-9(6-12(19)17-15(16)22)4-5-10-8(2)13(20)14(21)11(7-18)23-10/h8-11,13-14,18,20-21H,3-7H2,1-2H3,(H3,16,17,19,22)/t8?,9-,10?,11?,13?,14?/m1/s1. The lowest BCUT2D eigenvalue weighted by Gasteiger charge is -2.41. The fourth-order valence-corrected chi connectivity index (χ4v) is 2.96. The Morgan fingerprint density at radius 2 is 1.91 bits per heavy atom. The SMILES string of the molecule is CC[C@H](CCC1OC(CO)C(O)C(O)C1C)CC(=O)NC(N)=O. The number of carbonyl (C=O) groups excluding carboxylic acids is 2. The van der Waals surface area contributed by atoms with Crippen LogP contribution in [0.25, 0.3) is 0 Å². The van der Waals surface area contributed by atoms with Crippen LogP contribution in [0.15, 0.2) is 0 Å². The number of urea groups is 1. The fourth-order valence-electron chi connectivity index (χ4n) is 2.96. The number of carbonyl (C=O) groups is 2. The zero-order chi connectivity index (χ0) is 17.6. The second-order valence-electron chi connectivity index (χ2n) is 6.20. The Morgan fingerprint density at radius 3 is 2.43 bits per heavy atom. The topological polar surface area (TPSA) is 142 Å². The number of imide groups is 1. The van der Waals surface area contributed by atoms with Gasteiger partial charge in [0.05, 0.1) is 18.8 Å². The number of ether oxygens (including phenoxy) is 1. The van der Waals surface area contributed by atoms with Crippen LogP contribution in [0.4, 0.5) is 4.79 Å². The van der Waals surface area contributed by atoms with Gasteiger partial charge in [-0.05, 0) is 18.8 Å². The van der Waals surface area contributed by atoms with E-state index in [0.717, 1.165) is 6.42 Å². The predicted molar refractivity (Wildman–Crippen MR) is 82.3 cm³/mol. The fraction of sp³-hybridized carbons (Fsp3) is 0.867. The molecule has 1 aliphatic rings. The minimum atomic E-state index is -1.10. The number of aliphatic hydroxyl groups is 3. The van der Waals surface area contributed by atoms with E-state index in [1.807, 2.05) is 12.2 Å². The highest BCUT2D eigenvalue weighted by molar-refractivity contribution is 5.93. The minimum Gasteiger partial charge on any atom is -0.394 e. The van der Waals surface area contributed by atoms with Gasteiger partial charge in [-0.3, -0.25) is 10.1 Å². The summed E-state index contributed by atoms with van der Waals surface area (Å²) in [5, 5.41) is 31.1. The molecule has 1 saturated heterocycles. The molecule has 1 fully saturated rings. The van der Waals surface area contributed by atoms with Gasteiger partial charge in [-0.1, -0.05) is 20.3 Å². The maximum atomic E-state index is 11.6. The Bertz CT molecular complexity index is 403. The Labute approximate surface area is 136 Å². The van der Waals surface area contributed by atoms with Gasteiger partial charge in [0.2, 0.25) is 5.91 Å². The second-order valence-corrected chi connectivity index (χ2v) is 6.20.